The van der Waals surface area contributed by atoms with Crippen LogP contribution in [0, 0.1) is 17.9 Å². The molecule has 0 N–H and O–H groups in total. The van der Waals surface area contributed by atoms with E-state index >= 15 is 4.57 Å². The quantitative estimate of drug-likeness (QED) is 0.164. The molecule has 42 heavy (non-hydrogen) atoms. The van der Waals surface area contributed by atoms with E-state index in [9.17, 15) is 5.26 Å². The van der Waals surface area contributed by atoms with E-state index < -0.39 is 7.14 Å². The van der Waals surface area contributed by atoms with E-state index in [1.165, 1.54) is 22.3 Å². The zero-order chi connectivity index (χ0) is 29.4. The fourth-order valence-corrected chi connectivity index (χ4v) is 9.80. The van der Waals surface area contributed by atoms with Gasteiger partial charge in [-0.05, 0) is 74.8 Å². The van der Waals surface area contributed by atoms with Crippen LogP contribution >= 0.6 is 7.14 Å². The van der Waals surface area contributed by atoms with E-state index in [1.807, 2.05) is 66.7 Å². The molecule has 4 heteroatoms. The number of hydrogen-bond donors (Lipinski definition) is 0. The summed E-state index contributed by atoms with van der Waals surface area (Å²) in [6.07, 6.45) is 0. The van der Waals surface area contributed by atoms with Gasteiger partial charge in [0.15, 0.2) is 12.8 Å². The van der Waals surface area contributed by atoms with Crippen molar-refractivity contribution in [3.05, 3.63) is 142 Å². The molecule has 3 nitrogen and oxygen atoms in total. The fourth-order valence-electron chi connectivity index (χ4n) is 7.12. The summed E-state index contributed by atoms with van der Waals surface area (Å²) in [5.74, 6) is 0. The van der Waals surface area contributed by atoms with Gasteiger partial charge in [-0.3, -0.25) is 0 Å². The average molecular weight is 561 g/mol. The maximum atomic E-state index is 15.7. The van der Waals surface area contributed by atoms with E-state index in [0.29, 0.717) is 11.3 Å². The summed E-state index contributed by atoms with van der Waals surface area (Å²) >= 11 is 0. The molecule has 1 atom stereocenters. The molecule has 0 fully saturated rings. The average Bonchev–Trinajstić information content (AvgIpc) is 3.39. The van der Waals surface area contributed by atoms with E-state index in [2.05, 4.69) is 75.0 Å². The predicted molar refractivity (Wildman–Crippen MR) is 172 cm³/mol. The van der Waals surface area contributed by atoms with Crippen LogP contribution in [-0.4, -0.2) is 0 Å². The second-order valence-corrected chi connectivity index (χ2v) is 15.1. The Bertz CT molecular complexity index is 1960. The Hall–Kier alpha value is -4.69. The molecule has 0 aromatic heterocycles. The van der Waals surface area contributed by atoms with Crippen molar-refractivity contribution in [3.63, 3.8) is 0 Å². The summed E-state index contributed by atoms with van der Waals surface area (Å²) in [4.78, 5) is 3.69. The number of benzene rings is 5. The van der Waals surface area contributed by atoms with E-state index in [-0.39, 0.29) is 10.8 Å². The molecule has 2 aliphatic rings. The highest BCUT2D eigenvalue weighted by atomic mass is 31.2. The largest absolute Gasteiger partial charge is 0.309 e. The summed E-state index contributed by atoms with van der Waals surface area (Å²) in [7, 11) is -3.31. The molecular weight excluding hydrogens is 531 g/mol. The van der Waals surface area contributed by atoms with Gasteiger partial charge in [-0.1, -0.05) is 100 Å². The van der Waals surface area contributed by atoms with Gasteiger partial charge in [-0.25, -0.2) is 4.85 Å². The van der Waals surface area contributed by atoms with Crippen LogP contribution < -0.4 is 15.9 Å². The van der Waals surface area contributed by atoms with Gasteiger partial charge in [0.25, 0.3) is 0 Å². The first kappa shape index (κ1) is 26.2. The van der Waals surface area contributed by atoms with Crippen LogP contribution in [0.25, 0.3) is 27.1 Å². The Balaban J connectivity index is 1.48. The van der Waals surface area contributed by atoms with Gasteiger partial charge in [0, 0.05) is 26.7 Å². The summed E-state index contributed by atoms with van der Waals surface area (Å²) in [6.45, 7) is 16.4. The molecule has 0 bridgehead atoms. The maximum absolute atomic E-state index is 15.7. The lowest BCUT2D eigenvalue weighted by molar-refractivity contribution is 0.592. The van der Waals surface area contributed by atoms with Gasteiger partial charge >= 0.3 is 0 Å². The molecule has 0 saturated heterocycles. The molecule has 7 rings (SSSR count). The van der Waals surface area contributed by atoms with Gasteiger partial charge in [0.2, 0.25) is 0 Å². The minimum absolute atomic E-state index is 0.220. The highest BCUT2D eigenvalue weighted by molar-refractivity contribution is 7.85. The van der Waals surface area contributed by atoms with Crippen molar-refractivity contribution in [2.75, 3.05) is 0 Å². The van der Waals surface area contributed by atoms with Crippen molar-refractivity contribution in [3.8, 4) is 28.3 Å². The SMILES string of the molecule is [C-]#[N+]c1ccc2c(c1)-c1cc(P(=O)(c3ccccc3)c3ccc4c(c3)-c3cc(C#N)ccc3C4(C)C)ccc1C2(C)C. The highest BCUT2D eigenvalue weighted by Gasteiger charge is 2.40. The Labute approximate surface area is 247 Å². The summed E-state index contributed by atoms with van der Waals surface area (Å²) in [5, 5.41) is 12.0. The molecule has 5 aromatic carbocycles. The van der Waals surface area contributed by atoms with Crippen molar-refractivity contribution in [1.82, 2.24) is 0 Å². The zero-order valence-corrected chi connectivity index (χ0v) is 25.0. The van der Waals surface area contributed by atoms with Gasteiger partial charge in [-0.15, -0.1) is 0 Å². The first-order valence-electron chi connectivity index (χ1n) is 14.1. The van der Waals surface area contributed by atoms with Crippen molar-refractivity contribution < 1.29 is 4.57 Å². The maximum Gasteiger partial charge on any atom is 0.187 e. The Morgan fingerprint density at radius 3 is 1.62 bits per heavy atom. The van der Waals surface area contributed by atoms with Crippen LogP contribution in [0.2, 0.25) is 0 Å². The van der Waals surface area contributed by atoms with Crippen LogP contribution in [0.3, 0.4) is 0 Å². The highest BCUT2D eigenvalue weighted by Crippen LogP contribution is 2.53. The third-order valence-electron chi connectivity index (χ3n) is 9.41. The molecule has 2 aliphatic carbocycles. The first-order chi connectivity index (χ1) is 20.1. The molecule has 0 saturated carbocycles. The number of fused-ring (bicyclic) bond motifs is 6. The molecule has 202 valence electrons. The molecule has 1 unspecified atom stereocenters. The van der Waals surface area contributed by atoms with Crippen molar-refractivity contribution in [1.29, 1.82) is 5.26 Å². The molecule has 0 heterocycles. The zero-order valence-electron chi connectivity index (χ0n) is 24.1. The molecule has 0 radical (unpaired) electrons. The molecular formula is C38H29N2OP. The van der Waals surface area contributed by atoms with Gasteiger partial charge < -0.3 is 4.57 Å². The lowest BCUT2D eigenvalue weighted by Crippen LogP contribution is -2.26. The van der Waals surface area contributed by atoms with Crippen molar-refractivity contribution in [2.45, 2.75) is 38.5 Å². The third kappa shape index (κ3) is 3.48. The van der Waals surface area contributed by atoms with Crippen molar-refractivity contribution in [2.24, 2.45) is 0 Å². The number of hydrogen-bond acceptors (Lipinski definition) is 2. The smallest absolute Gasteiger partial charge is 0.187 e. The number of rotatable bonds is 3. The van der Waals surface area contributed by atoms with Gasteiger partial charge in [-0.2, -0.15) is 5.26 Å². The Morgan fingerprint density at radius 1 is 0.619 bits per heavy atom. The number of nitrogens with zero attached hydrogens (tertiary/aromatic N) is 2. The van der Waals surface area contributed by atoms with Crippen LogP contribution in [0.4, 0.5) is 5.69 Å². The van der Waals surface area contributed by atoms with Crippen LogP contribution in [0.5, 0.6) is 0 Å². The Kier molecular flexibility index (Phi) is 5.56. The summed E-state index contributed by atoms with van der Waals surface area (Å²) < 4.78 is 15.7. The minimum atomic E-state index is -3.31. The predicted octanol–water partition coefficient (Wildman–Crippen LogP) is 8.36. The van der Waals surface area contributed by atoms with Gasteiger partial charge in [0.1, 0.15) is 0 Å². The van der Waals surface area contributed by atoms with E-state index in [4.69, 9.17) is 6.57 Å². The van der Waals surface area contributed by atoms with E-state index in [0.717, 1.165) is 38.2 Å². The molecule has 5 aromatic rings. The molecule has 0 amide bonds. The topological polar surface area (TPSA) is 45.2 Å². The monoisotopic (exact) mass is 560 g/mol. The lowest BCUT2D eigenvalue weighted by atomic mass is 9.82. The minimum Gasteiger partial charge on any atom is -0.309 e. The van der Waals surface area contributed by atoms with Crippen LogP contribution in [0.15, 0.2) is 103 Å². The second-order valence-electron chi connectivity index (χ2n) is 12.4. The van der Waals surface area contributed by atoms with Crippen molar-refractivity contribution >= 4 is 28.7 Å². The summed E-state index contributed by atoms with van der Waals surface area (Å²) in [6, 6.07) is 36.4. The number of nitriles is 1. The molecule has 0 aliphatic heterocycles. The summed E-state index contributed by atoms with van der Waals surface area (Å²) in [5.41, 5.74) is 9.64. The van der Waals surface area contributed by atoms with E-state index in [1.54, 1.807) is 0 Å². The second kappa shape index (κ2) is 8.90. The van der Waals surface area contributed by atoms with Crippen LogP contribution in [-0.2, 0) is 15.4 Å². The first-order valence-corrected chi connectivity index (χ1v) is 15.8. The molecule has 0 spiro atoms. The standard InChI is InChI=1S/C38H29N2OP/c1-37(2)33-15-11-24(23-39)19-29(33)31-21-27(13-17-35(31)37)42(41,26-9-7-6-8-10-26)28-14-18-36-32(22-28)30-20-25(40-5)12-16-34(30)38(36,3)4/h6-22H,1-4H3. The normalized spacial score (nSPS) is 16.2. The van der Waals surface area contributed by atoms with Crippen LogP contribution in [0.1, 0.15) is 55.5 Å². The Morgan fingerprint density at radius 2 is 1.10 bits per heavy atom. The fraction of sp³-hybridized carbons (Fsp3) is 0.158. The third-order valence-corrected chi connectivity index (χ3v) is 12.4. The van der Waals surface area contributed by atoms with Gasteiger partial charge in [0.05, 0.1) is 18.2 Å². The lowest BCUT2D eigenvalue weighted by Gasteiger charge is -2.25.